The molecule has 31 heavy (non-hydrogen) atoms. The number of rotatable bonds is 6. The third kappa shape index (κ3) is 4.39. The van der Waals surface area contributed by atoms with Gasteiger partial charge in [0.25, 0.3) is 5.91 Å². The second-order valence-corrected chi connectivity index (χ2v) is 9.32. The summed E-state index contributed by atoms with van der Waals surface area (Å²) in [4.78, 5) is 25.6. The van der Waals surface area contributed by atoms with E-state index >= 15 is 0 Å². The van der Waals surface area contributed by atoms with E-state index in [1.807, 2.05) is 55.5 Å². The number of aromatic nitrogens is 1. The molecule has 4 rings (SSSR count). The van der Waals surface area contributed by atoms with Gasteiger partial charge in [0.2, 0.25) is 0 Å². The molecule has 1 saturated heterocycles. The summed E-state index contributed by atoms with van der Waals surface area (Å²) in [5.74, 6) is -1.20. The first-order chi connectivity index (χ1) is 14.8. The Morgan fingerprint density at radius 3 is 2.61 bits per heavy atom. The quantitative estimate of drug-likeness (QED) is 0.390. The number of carbonyl (C=O) groups is 2. The van der Waals surface area contributed by atoms with Crippen molar-refractivity contribution in [1.82, 2.24) is 9.47 Å². The average molecular weight is 471 g/mol. The van der Waals surface area contributed by atoms with Crippen LogP contribution in [0.25, 0.3) is 17.0 Å². The summed E-state index contributed by atoms with van der Waals surface area (Å²) in [7, 11) is 0. The fraction of sp³-hybridized carbons (Fsp3) is 0.174. The lowest BCUT2D eigenvalue weighted by atomic mass is 10.1. The molecule has 1 amide bonds. The van der Waals surface area contributed by atoms with Gasteiger partial charge in [0.15, 0.2) is 0 Å². The van der Waals surface area contributed by atoms with Gasteiger partial charge in [-0.05, 0) is 36.8 Å². The zero-order valence-electron chi connectivity index (χ0n) is 16.7. The zero-order chi connectivity index (χ0) is 22.1. The van der Waals surface area contributed by atoms with Crippen LogP contribution in [0, 0.1) is 6.92 Å². The summed E-state index contributed by atoms with van der Waals surface area (Å²) in [6, 6.07) is 15.8. The van der Waals surface area contributed by atoms with Gasteiger partial charge in [0.1, 0.15) is 4.32 Å². The van der Waals surface area contributed by atoms with E-state index < -0.39 is 5.97 Å². The van der Waals surface area contributed by atoms with E-state index in [9.17, 15) is 9.59 Å². The number of thioether (sulfide) groups is 1. The minimum absolute atomic E-state index is 0.0780. The summed E-state index contributed by atoms with van der Waals surface area (Å²) >= 11 is 12.5. The molecule has 1 aliphatic rings. The number of aliphatic carboxylic acids is 1. The number of hydrogen-bond acceptors (Lipinski definition) is 4. The Morgan fingerprint density at radius 1 is 1.19 bits per heavy atom. The number of carbonyl (C=O) groups excluding carboxylic acids is 1. The standard InChI is InChI=1S/C23H19ClN2O3S2/c1-14-18(12-20-22(29)25(23(30)31-20)11-10-21(27)28)17-4-2-3-5-19(17)26(14)13-15-6-8-16(24)9-7-15/h2-9,12H,10-11,13H2,1H3,(H,27,28)/b20-12+. The Balaban J connectivity index is 1.72. The second-order valence-electron chi connectivity index (χ2n) is 7.21. The number of benzene rings is 2. The Labute approximate surface area is 194 Å². The number of carboxylic acids is 1. The van der Waals surface area contributed by atoms with Crippen molar-refractivity contribution < 1.29 is 14.7 Å². The van der Waals surface area contributed by atoms with E-state index in [2.05, 4.69) is 10.6 Å². The van der Waals surface area contributed by atoms with Crippen molar-refractivity contribution in [3.05, 3.63) is 75.3 Å². The number of fused-ring (bicyclic) bond motifs is 1. The summed E-state index contributed by atoms with van der Waals surface area (Å²) < 4.78 is 2.61. The zero-order valence-corrected chi connectivity index (χ0v) is 19.1. The van der Waals surface area contributed by atoms with Gasteiger partial charge >= 0.3 is 5.97 Å². The number of amides is 1. The predicted octanol–water partition coefficient (Wildman–Crippen LogP) is 5.33. The normalized spacial score (nSPS) is 15.4. The van der Waals surface area contributed by atoms with E-state index in [0.717, 1.165) is 27.7 Å². The van der Waals surface area contributed by atoms with Gasteiger partial charge in [-0.15, -0.1) is 0 Å². The van der Waals surface area contributed by atoms with Crippen molar-refractivity contribution in [2.24, 2.45) is 0 Å². The Bertz CT molecular complexity index is 1230. The summed E-state index contributed by atoms with van der Waals surface area (Å²) in [5.41, 5.74) is 4.19. The number of para-hydroxylation sites is 1. The van der Waals surface area contributed by atoms with E-state index in [1.54, 1.807) is 0 Å². The van der Waals surface area contributed by atoms with Gasteiger partial charge in [-0.25, -0.2) is 0 Å². The first kappa shape index (κ1) is 21.6. The molecule has 0 atom stereocenters. The highest BCUT2D eigenvalue weighted by Crippen LogP contribution is 2.36. The molecule has 8 heteroatoms. The molecule has 1 aliphatic heterocycles. The fourth-order valence-corrected chi connectivity index (χ4v) is 5.06. The molecule has 0 radical (unpaired) electrons. The molecule has 0 bridgehead atoms. The molecule has 2 heterocycles. The van der Waals surface area contributed by atoms with Crippen LogP contribution in [-0.4, -0.2) is 37.3 Å². The van der Waals surface area contributed by atoms with Crippen molar-refractivity contribution in [2.45, 2.75) is 19.9 Å². The Morgan fingerprint density at radius 2 is 1.90 bits per heavy atom. The number of nitrogens with zero attached hydrogens (tertiary/aromatic N) is 2. The minimum atomic E-state index is -0.959. The van der Waals surface area contributed by atoms with Crippen molar-refractivity contribution >= 4 is 68.8 Å². The molecule has 2 aromatic carbocycles. The van der Waals surface area contributed by atoms with Crippen LogP contribution in [0.5, 0.6) is 0 Å². The van der Waals surface area contributed by atoms with Crippen LogP contribution in [0.3, 0.4) is 0 Å². The lowest BCUT2D eigenvalue weighted by molar-refractivity contribution is -0.137. The topological polar surface area (TPSA) is 62.5 Å². The second kappa shape index (κ2) is 8.86. The molecule has 0 saturated carbocycles. The number of hydrogen-bond donors (Lipinski definition) is 1. The molecule has 1 aromatic heterocycles. The molecule has 0 spiro atoms. The summed E-state index contributed by atoms with van der Waals surface area (Å²) in [6.07, 6.45) is 1.73. The molecular formula is C23H19ClN2O3S2. The monoisotopic (exact) mass is 470 g/mol. The highest BCUT2D eigenvalue weighted by Gasteiger charge is 2.32. The van der Waals surface area contributed by atoms with Gasteiger partial charge in [-0.1, -0.05) is 65.9 Å². The smallest absolute Gasteiger partial charge is 0.305 e. The molecule has 1 fully saturated rings. The highest BCUT2D eigenvalue weighted by molar-refractivity contribution is 8.26. The number of carboxylic acid groups (broad SMARTS) is 1. The first-order valence-corrected chi connectivity index (χ1v) is 11.2. The minimum Gasteiger partial charge on any atom is -0.481 e. The van der Waals surface area contributed by atoms with Crippen LogP contribution < -0.4 is 0 Å². The van der Waals surface area contributed by atoms with Crippen molar-refractivity contribution in [2.75, 3.05) is 6.54 Å². The molecule has 0 aliphatic carbocycles. The summed E-state index contributed by atoms with van der Waals surface area (Å²) in [5, 5.41) is 10.7. The van der Waals surface area contributed by atoms with E-state index in [-0.39, 0.29) is 18.9 Å². The highest BCUT2D eigenvalue weighted by atomic mass is 35.5. The predicted molar refractivity (Wildman–Crippen MR) is 129 cm³/mol. The first-order valence-electron chi connectivity index (χ1n) is 9.64. The van der Waals surface area contributed by atoms with Gasteiger partial charge in [0.05, 0.1) is 11.3 Å². The lowest BCUT2D eigenvalue weighted by Crippen LogP contribution is -2.30. The van der Waals surface area contributed by atoms with Crippen LogP contribution in [-0.2, 0) is 16.1 Å². The van der Waals surface area contributed by atoms with Gasteiger partial charge < -0.3 is 9.67 Å². The van der Waals surface area contributed by atoms with Crippen molar-refractivity contribution in [3.63, 3.8) is 0 Å². The molecule has 0 unspecified atom stereocenters. The molecule has 1 N–H and O–H groups in total. The van der Waals surface area contributed by atoms with Crippen LogP contribution in [0.2, 0.25) is 5.02 Å². The van der Waals surface area contributed by atoms with Crippen LogP contribution >= 0.6 is 35.6 Å². The van der Waals surface area contributed by atoms with Crippen LogP contribution in [0.4, 0.5) is 0 Å². The SMILES string of the molecule is Cc1c(/C=C2/SC(=S)N(CCC(=O)O)C2=O)c2ccccc2n1Cc1ccc(Cl)cc1. The fourth-order valence-electron chi connectivity index (χ4n) is 3.65. The maximum atomic E-state index is 12.8. The average Bonchev–Trinajstić information content (AvgIpc) is 3.16. The maximum Gasteiger partial charge on any atom is 0.305 e. The number of halogens is 1. The number of thiocarbonyl (C=S) groups is 1. The lowest BCUT2D eigenvalue weighted by Gasteiger charge is -2.12. The summed E-state index contributed by atoms with van der Waals surface area (Å²) in [6.45, 7) is 2.79. The van der Waals surface area contributed by atoms with Crippen LogP contribution in [0.15, 0.2) is 53.4 Å². The largest absolute Gasteiger partial charge is 0.481 e. The maximum absolute atomic E-state index is 12.8. The van der Waals surface area contributed by atoms with E-state index in [1.165, 1.54) is 16.7 Å². The molecule has 3 aromatic rings. The third-order valence-corrected chi connectivity index (χ3v) is 6.86. The van der Waals surface area contributed by atoms with E-state index in [4.69, 9.17) is 28.9 Å². The van der Waals surface area contributed by atoms with Gasteiger partial charge in [0, 0.05) is 40.3 Å². The Kier molecular flexibility index (Phi) is 6.18. The molecular weight excluding hydrogens is 452 g/mol. The van der Waals surface area contributed by atoms with Crippen molar-refractivity contribution in [3.8, 4) is 0 Å². The van der Waals surface area contributed by atoms with Gasteiger partial charge in [-0.2, -0.15) is 0 Å². The third-order valence-electron chi connectivity index (χ3n) is 5.23. The van der Waals surface area contributed by atoms with E-state index in [0.29, 0.717) is 20.8 Å². The van der Waals surface area contributed by atoms with Crippen LogP contribution in [0.1, 0.15) is 23.2 Å². The van der Waals surface area contributed by atoms with Gasteiger partial charge in [-0.3, -0.25) is 14.5 Å². The molecule has 158 valence electrons. The Hall–Kier alpha value is -2.61. The molecule has 5 nitrogen and oxygen atoms in total. The van der Waals surface area contributed by atoms with Crippen molar-refractivity contribution in [1.29, 1.82) is 0 Å².